The number of carbonyl (C=O) groups is 2. The maximum Gasteiger partial charge on any atom is 0.273 e. The molecule has 6 nitrogen and oxygen atoms in total. The molecular weight excluding hydrogens is 444 g/mol. The molecule has 0 atom stereocenters. The highest BCUT2D eigenvalue weighted by Gasteiger charge is 2.26. The van der Waals surface area contributed by atoms with Crippen LogP contribution in [0.25, 0.3) is 0 Å². The summed E-state index contributed by atoms with van der Waals surface area (Å²) in [5.74, 6) is -0.405. The summed E-state index contributed by atoms with van der Waals surface area (Å²) >= 11 is 9.40. The van der Waals surface area contributed by atoms with E-state index in [-0.39, 0.29) is 17.6 Å². The molecule has 0 radical (unpaired) electrons. The van der Waals surface area contributed by atoms with Crippen molar-refractivity contribution < 1.29 is 9.59 Å². The minimum absolute atomic E-state index is 0.0228. The maximum absolute atomic E-state index is 12.6. The third kappa shape index (κ3) is 3.68. The second-order valence-electron chi connectivity index (χ2n) is 6.54. The first-order valence-corrected chi connectivity index (χ1v) is 9.87. The fourth-order valence-corrected chi connectivity index (χ4v) is 3.98. The highest BCUT2D eigenvalue weighted by Crippen LogP contribution is 2.26. The average molecular weight is 460 g/mol. The van der Waals surface area contributed by atoms with Crippen LogP contribution in [-0.2, 0) is 12.8 Å². The normalized spacial score (nSPS) is 13.2. The number of amides is 2. The largest absolute Gasteiger partial charge is 0.347 e. The predicted octanol–water partition coefficient (Wildman–Crippen LogP) is 3.98. The molecule has 2 amide bonds. The molecule has 3 N–H and O–H groups in total. The van der Waals surface area contributed by atoms with Crippen LogP contribution in [0.4, 0.5) is 5.82 Å². The molecule has 0 unspecified atom stereocenters. The number of rotatable bonds is 4. The minimum atomic E-state index is -0.395. The zero-order valence-corrected chi connectivity index (χ0v) is 17.0. The Morgan fingerprint density at radius 1 is 1.04 bits per heavy atom. The van der Waals surface area contributed by atoms with E-state index >= 15 is 0 Å². The third-order valence-corrected chi connectivity index (χ3v) is 5.77. The zero-order chi connectivity index (χ0) is 19.7. The first-order chi connectivity index (χ1) is 13.5. The Hall–Kier alpha value is -2.64. The number of halogens is 2. The van der Waals surface area contributed by atoms with Gasteiger partial charge in [0.25, 0.3) is 11.8 Å². The van der Waals surface area contributed by atoms with Gasteiger partial charge in [0, 0.05) is 6.04 Å². The molecule has 0 spiro atoms. The number of fused-ring (bicyclic) bond motifs is 1. The summed E-state index contributed by atoms with van der Waals surface area (Å²) in [4.78, 5) is 25.0. The van der Waals surface area contributed by atoms with Gasteiger partial charge in [-0.25, -0.2) is 0 Å². The highest BCUT2D eigenvalue weighted by molar-refractivity contribution is 9.10. The maximum atomic E-state index is 12.6. The fraction of sp³-hybridized carbons (Fsp3) is 0.150. The molecule has 3 aromatic rings. The summed E-state index contributed by atoms with van der Waals surface area (Å²) in [5, 5.41) is 12.8. The van der Waals surface area contributed by atoms with Crippen LogP contribution in [0.15, 0.2) is 53.0 Å². The number of carbonyl (C=O) groups excluding carboxylic acids is 2. The van der Waals surface area contributed by atoms with Crippen LogP contribution < -0.4 is 10.6 Å². The van der Waals surface area contributed by atoms with Crippen molar-refractivity contribution in [1.29, 1.82) is 0 Å². The fourth-order valence-electron chi connectivity index (χ4n) is 3.30. The van der Waals surface area contributed by atoms with Crippen LogP contribution in [0.1, 0.15) is 32.0 Å². The Labute approximate surface area is 174 Å². The molecule has 28 heavy (non-hydrogen) atoms. The number of aromatic nitrogens is 2. The number of hydrogen-bond donors (Lipinski definition) is 3. The van der Waals surface area contributed by atoms with Gasteiger partial charge in [-0.2, -0.15) is 5.10 Å². The van der Waals surface area contributed by atoms with Crippen LogP contribution in [0.5, 0.6) is 0 Å². The van der Waals surface area contributed by atoms with Gasteiger partial charge in [0.2, 0.25) is 0 Å². The van der Waals surface area contributed by atoms with Crippen molar-refractivity contribution in [3.05, 3.63) is 80.4 Å². The van der Waals surface area contributed by atoms with Gasteiger partial charge >= 0.3 is 0 Å². The monoisotopic (exact) mass is 458 g/mol. The number of benzene rings is 2. The van der Waals surface area contributed by atoms with Gasteiger partial charge in [0.05, 0.1) is 15.1 Å². The second-order valence-corrected chi connectivity index (χ2v) is 7.74. The van der Waals surface area contributed by atoms with Crippen LogP contribution in [0.2, 0.25) is 5.02 Å². The number of anilines is 1. The van der Waals surface area contributed by atoms with Crippen molar-refractivity contribution in [1.82, 2.24) is 15.5 Å². The Balaban J connectivity index is 1.44. The number of nitrogens with zero attached hydrogens (tertiary/aromatic N) is 1. The van der Waals surface area contributed by atoms with Crippen LogP contribution in [-0.4, -0.2) is 28.1 Å². The first kappa shape index (κ1) is 18.7. The molecule has 1 heterocycles. The van der Waals surface area contributed by atoms with Gasteiger partial charge in [-0.1, -0.05) is 48.0 Å². The van der Waals surface area contributed by atoms with Crippen LogP contribution in [0, 0.1) is 0 Å². The van der Waals surface area contributed by atoms with Crippen molar-refractivity contribution in [3.8, 4) is 0 Å². The molecular formula is C20H16BrClN4O2. The van der Waals surface area contributed by atoms with E-state index in [2.05, 4.69) is 48.9 Å². The summed E-state index contributed by atoms with van der Waals surface area (Å²) in [7, 11) is 0. The molecule has 142 valence electrons. The predicted molar refractivity (Wildman–Crippen MR) is 111 cm³/mol. The Bertz CT molecular complexity index is 1040. The smallest absolute Gasteiger partial charge is 0.273 e. The number of hydrogen-bond acceptors (Lipinski definition) is 3. The molecule has 4 rings (SSSR count). The molecule has 0 bridgehead atoms. The summed E-state index contributed by atoms with van der Waals surface area (Å²) in [5.41, 5.74) is 3.02. The van der Waals surface area contributed by atoms with Crippen LogP contribution in [0.3, 0.4) is 0 Å². The standard InChI is InChI=1S/C20H16BrClN4O2/c21-16-17(20(28)23-13-9-11-5-1-2-6-12(11)10-13)25-26-18(16)24-19(27)14-7-3-4-8-15(14)22/h1-8,13H,9-10H2,(H,23,28)(H2,24,25,26,27). The van der Waals surface area contributed by atoms with Gasteiger partial charge < -0.3 is 10.6 Å². The van der Waals surface area contributed by atoms with Gasteiger partial charge in [0.1, 0.15) is 5.82 Å². The third-order valence-electron chi connectivity index (χ3n) is 4.67. The first-order valence-electron chi connectivity index (χ1n) is 8.70. The Morgan fingerprint density at radius 2 is 1.68 bits per heavy atom. The molecule has 0 fully saturated rings. The van der Waals surface area contributed by atoms with E-state index in [0.717, 1.165) is 12.8 Å². The minimum Gasteiger partial charge on any atom is -0.347 e. The highest BCUT2D eigenvalue weighted by atomic mass is 79.9. The molecule has 8 heteroatoms. The molecule has 1 aromatic heterocycles. The molecule has 1 aliphatic rings. The Morgan fingerprint density at radius 3 is 2.36 bits per heavy atom. The number of H-pyrrole nitrogens is 1. The average Bonchev–Trinajstić information content (AvgIpc) is 3.25. The molecule has 0 aliphatic heterocycles. The van der Waals surface area contributed by atoms with Gasteiger partial charge in [0.15, 0.2) is 5.69 Å². The van der Waals surface area contributed by atoms with Crippen molar-refractivity contribution in [3.63, 3.8) is 0 Å². The SMILES string of the molecule is O=C(Nc1[nH]nc(C(=O)NC2Cc3ccccc3C2)c1Br)c1ccccc1Cl. The number of aromatic amines is 1. The quantitative estimate of drug-likeness (QED) is 0.552. The van der Waals surface area contributed by atoms with Crippen molar-refractivity contribution >= 4 is 45.2 Å². The van der Waals surface area contributed by atoms with E-state index in [1.54, 1.807) is 24.3 Å². The summed E-state index contributed by atoms with van der Waals surface area (Å²) in [6.07, 6.45) is 1.58. The lowest BCUT2D eigenvalue weighted by Crippen LogP contribution is -2.35. The summed E-state index contributed by atoms with van der Waals surface area (Å²) < 4.78 is 0.390. The summed E-state index contributed by atoms with van der Waals surface area (Å²) in [6.45, 7) is 0. The topological polar surface area (TPSA) is 86.9 Å². The molecule has 0 saturated heterocycles. The number of nitrogens with one attached hydrogen (secondary N) is 3. The lowest BCUT2D eigenvalue weighted by atomic mass is 10.1. The zero-order valence-electron chi connectivity index (χ0n) is 14.6. The van der Waals surface area contributed by atoms with Crippen molar-refractivity contribution in [2.24, 2.45) is 0 Å². The Kier molecular flexibility index (Phi) is 5.19. The van der Waals surface area contributed by atoms with Gasteiger partial charge in [-0.05, 0) is 52.0 Å². The van der Waals surface area contributed by atoms with E-state index in [0.29, 0.717) is 20.9 Å². The molecule has 1 aliphatic carbocycles. The van der Waals surface area contributed by atoms with Crippen molar-refractivity contribution in [2.75, 3.05) is 5.32 Å². The lowest BCUT2D eigenvalue weighted by molar-refractivity contribution is 0.0932. The molecule has 0 saturated carbocycles. The summed E-state index contributed by atoms with van der Waals surface area (Å²) in [6, 6.07) is 14.9. The second kappa shape index (κ2) is 7.77. The lowest BCUT2D eigenvalue weighted by Gasteiger charge is -2.11. The van der Waals surface area contributed by atoms with E-state index in [1.165, 1.54) is 11.1 Å². The van der Waals surface area contributed by atoms with Crippen molar-refractivity contribution in [2.45, 2.75) is 18.9 Å². The van der Waals surface area contributed by atoms with Gasteiger partial charge in [-0.15, -0.1) is 0 Å². The van der Waals surface area contributed by atoms with E-state index in [9.17, 15) is 9.59 Å². The van der Waals surface area contributed by atoms with Crippen LogP contribution >= 0.6 is 27.5 Å². The molecule has 2 aromatic carbocycles. The van der Waals surface area contributed by atoms with Gasteiger partial charge in [-0.3, -0.25) is 14.7 Å². The van der Waals surface area contributed by atoms with E-state index in [4.69, 9.17) is 11.6 Å². The van der Waals surface area contributed by atoms with E-state index < -0.39 is 5.91 Å². The van der Waals surface area contributed by atoms with E-state index in [1.807, 2.05) is 12.1 Å².